The molecule has 2 amide bonds. The fourth-order valence-electron chi connectivity index (χ4n) is 2.28. The van der Waals surface area contributed by atoms with E-state index in [1.807, 2.05) is 25.3 Å². The SMILES string of the molecule is CCC(C)N1C(=O)CC(NCCc2cccs2)C1=O. The highest BCUT2D eigenvalue weighted by molar-refractivity contribution is 7.09. The van der Waals surface area contributed by atoms with Crippen LogP contribution >= 0.6 is 11.3 Å². The summed E-state index contributed by atoms with van der Waals surface area (Å²) in [4.78, 5) is 26.7. The van der Waals surface area contributed by atoms with Crippen molar-refractivity contribution in [3.8, 4) is 0 Å². The van der Waals surface area contributed by atoms with Crippen molar-refractivity contribution in [3.05, 3.63) is 22.4 Å². The number of thiophene rings is 1. The quantitative estimate of drug-likeness (QED) is 0.809. The lowest BCUT2D eigenvalue weighted by Crippen LogP contribution is -2.43. The predicted molar refractivity (Wildman–Crippen MR) is 76.0 cm³/mol. The summed E-state index contributed by atoms with van der Waals surface area (Å²) in [6.07, 6.45) is 2.01. The molecule has 0 aromatic carbocycles. The van der Waals surface area contributed by atoms with Crippen LogP contribution in [0.5, 0.6) is 0 Å². The van der Waals surface area contributed by atoms with Crippen molar-refractivity contribution in [2.24, 2.45) is 0 Å². The summed E-state index contributed by atoms with van der Waals surface area (Å²) in [5.41, 5.74) is 0. The van der Waals surface area contributed by atoms with E-state index >= 15 is 0 Å². The van der Waals surface area contributed by atoms with E-state index in [1.165, 1.54) is 9.78 Å². The molecule has 1 aliphatic rings. The highest BCUT2D eigenvalue weighted by Gasteiger charge is 2.40. The average molecular weight is 280 g/mol. The van der Waals surface area contributed by atoms with E-state index in [-0.39, 0.29) is 23.9 Å². The number of amides is 2. The number of nitrogens with one attached hydrogen (secondary N) is 1. The van der Waals surface area contributed by atoms with Crippen molar-refractivity contribution >= 4 is 23.2 Å². The lowest BCUT2D eigenvalue weighted by atomic mass is 10.2. The number of imide groups is 1. The van der Waals surface area contributed by atoms with Crippen LogP contribution in [-0.2, 0) is 16.0 Å². The molecule has 0 radical (unpaired) electrons. The summed E-state index contributed by atoms with van der Waals surface area (Å²) in [7, 11) is 0. The first-order valence-electron chi connectivity index (χ1n) is 6.75. The summed E-state index contributed by atoms with van der Waals surface area (Å²) in [6.45, 7) is 4.64. The van der Waals surface area contributed by atoms with Gasteiger partial charge in [-0.05, 0) is 31.2 Å². The molecule has 2 heterocycles. The normalized spacial score (nSPS) is 21.2. The van der Waals surface area contributed by atoms with Gasteiger partial charge in [0.25, 0.3) is 0 Å². The van der Waals surface area contributed by atoms with Gasteiger partial charge in [0, 0.05) is 17.5 Å². The minimum absolute atomic E-state index is 0.00379. The fraction of sp³-hybridized carbons (Fsp3) is 0.571. The zero-order valence-corrected chi connectivity index (χ0v) is 12.2. The first-order valence-corrected chi connectivity index (χ1v) is 7.63. The Kier molecular flexibility index (Phi) is 4.71. The van der Waals surface area contributed by atoms with Crippen molar-refractivity contribution in [1.29, 1.82) is 0 Å². The van der Waals surface area contributed by atoms with Gasteiger partial charge in [-0.25, -0.2) is 0 Å². The van der Waals surface area contributed by atoms with E-state index in [0.717, 1.165) is 19.4 Å². The van der Waals surface area contributed by atoms with Gasteiger partial charge in [-0.3, -0.25) is 14.5 Å². The van der Waals surface area contributed by atoms with Gasteiger partial charge in [0.1, 0.15) is 0 Å². The molecule has 2 atom stereocenters. The maximum atomic E-state index is 12.2. The molecule has 1 aromatic heterocycles. The summed E-state index contributed by atoms with van der Waals surface area (Å²) < 4.78 is 0. The zero-order chi connectivity index (χ0) is 13.8. The Labute approximate surface area is 117 Å². The van der Waals surface area contributed by atoms with Crippen molar-refractivity contribution < 1.29 is 9.59 Å². The molecule has 1 N–H and O–H groups in total. The number of rotatable bonds is 6. The highest BCUT2D eigenvalue weighted by Crippen LogP contribution is 2.18. The highest BCUT2D eigenvalue weighted by atomic mass is 32.1. The number of hydrogen-bond donors (Lipinski definition) is 1. The monoisotopic (exact) mass is 280 g/mol. The molecule has 4 nitrogen and oxygen atoms in total. The summed E-state index contributed by atoms with van der Waals surface area (Å²) >= 11 is 1.71. The molecule has 0 spiro atoms. The first kappa shape index (κ1) is 14.2. The van der Waals surface area contributed by atoms with Crippen LogP contribution < -0.4 is 5.32 Å². The minimum Gasteiger partial charge on any atom is -0.305 e. The van der Waals surface area contributed by atoms with Crippen molar-refractivity contribution in [2.45, 2.75) is 45.2 Å². The summed E-state index contributed by atoms with van der Waals surface area (Å²) in [5.74, 6) is -0.112. The average Bonchev–Trinajstić information content (AvgIpc) is 2.98. The second-order valence-corrected chi connectivity index (χ2v) is 5.93. The molecular weight excluding hydrogens is 260 g/mol. The van der Waals surface area contributed by atoms with E-state index in [1.54, 1.807) is 11.3 Å². The minimum atomic E-state index is -0.332. The van der Waals surface area contributed by atoms with E-state index in [2.05, 4.69) is 11.4 Å². The van der Waals surface area contributed by atoms with Crippen LogP contribution in [0.2, 0.25) is 0 Å². The molecule has 2 unspecified atom stereocenters. The number of carbonyl (C=O) groups is 2. The Balaban J connectivity index is 1.85. The molecule has 0 aliphatic carbocycles. The number of nitrogens with zero attached hydrogens (tertiary/aromatic N) is 1. The van der Waals surface area contributed by atoms with Gasteiger partial charge < -0.3 is 5.32 Å². The Morgan fingerprint density at radius 1 is 1.53 bits per heavy atom. The molecule has 104 valence electrons. The molecule has 1 aromatic rings. The third-order valence-corrected chi connectivity index (χ3v) is 4.49. The standard InChI is InChI=1S/C14H20N2O2S/c1-3-10(2)16-13(17)9-12(14(16)18)15-7-6-11-5-4-8-19-11/h4-5,8,10,12,15H,3,6-7,9H2,1-2H3. The van der Waals surface area contributed by atoms with Gasteiger partial charge in [0.2, 0.25) is 11.8 Å². The third-order valence-electron chi connectivity index (χ3n) is 3.56. The second-order valence-electron chi connectivity index (χ2n) is 4.90. The Bertz CT molecular complexity index is 444. The van der Waals surface area contributed by atoms with Crippen molar-refractivity contribution in [1.82, 2.24) is 10.2 Å². The number of likely N-dealkylation sites (tertiary alicyclic amines) is 1. The zero-order valence-electron chi connectivity index (χ0n) is 11.4. The van der Waals surface area contributed by atoms with Crippen LogP contribution in [0, 0.1) is 0 Å². The molecule has 0 saturated carbocycles. The Morgan fingerprint density at radius 2 is 2.32 bits per heavy atom. The van der Waals surface area contributed by atoms with E-state index in [4.69, 9.17) is 0 Å². The largest absolute Gasteiger partial charge is 0.305 e. The molecule has 0 bridgehead atoms. The summed E-state index contributed by atoms with van der Waals surface area (Å²) in [6, 6.07) is 3.78. The molecule has 19 heavy (non-hydrogen) atoms. The summed E-state index contributed by atoms with van der Waals surface area (Å²) in [5, 5.41) is 5.25. The molecule has 1 fully saturated rings. The Hall–Kier alpha value is -1.20. The van der Waals surface area contributed by atoms with Gasteiger partial charge in [0.05, 0.1) is 12.5 Å². The lowest BCUT2D eigenvalue weighted by molar-refractivity contribution is -0.141. The van der Waals surface area contributed by atoms with Crippen LogP contribution in [0.4, 0.5) is 0 Å². The van der Waals surface area contributed by atoms with Crippen LogP contribution in [0.25, 0.3) is 0 Å². The molecule has 2 rings (SSSR count). The van der Waals surface area contributed by atoms with E-state index in [9.17, 15) is 9.59 Å². The maximum Gasteiger partial charge on any atom is 0.247 e. The maximum absolute atomic E-state index is 12.2. The van der Waals surface area contributed by atoms with E-state index in [0.29, 0.717) is 6.42 Å². The van der Waals surface area contributed by atoms with Crippen LogP contribution in [0.3, 0.4) is 0 Å². The smallest absolute Gasteiger partial charge is 0.247 e. The first-order chi connectivity index (χ1) is 9.13. The van der Waals surface area contributed by atoms with Crippen LogP contribution in [0.15, 0.2) is 17.5 Å². The van der Waals surface area contributed by atoms with Crippen LogP contribution in [0.1, 0.15) is 31.6 Å². The van der Waals surface area contributed by atoms with Gasteiger partial charge in [-0.15, -0.1) is 11.3 Å². The molecular formula is C14H20N2O2S. The Morgan fingerprint density at radius 3 is 2.95 bits per heavy atom. The molecule has 1 saturated heterocycles. The van der Waals surface area contributed by atoms with Crippen molar-refractivity contribution in [2.75, 3.05) is 6.54 Å². The topological polar surface area (TPSA) is 49.4 Å². The van der Waals surface area contributed by atoms with Gasteiger partial charge in [-0.2, -0.15) is 0 Å². The van der Waals surface area contributed by atoms with Gasteiger partial charge in [0.15, 0.2) is 0 Å². The lowest BCUT2D eigenvalue weighted by Gasteiger charge is -2.21. The number of hydrogen-bond acceptors (Lipinski definition) is 4. The molecule has 1 aliphatic heterocycles. The van der Waals surface area contributed by atoms with Crippen LogP contribution in [-0.4, -0.2) is 35.3 Å². The van der Waals surface area contributed by atoms with Gasteiger partial charge in [-0.1, -0.05) is 13.0 Å². The third kappa shape index (κ3) is 3.22. The predicted octanol–water partition coefficient (Wildman–Crippen LogP) is 1.81. The fourth-order valence-corrected chi connectivity index (χ4v) is 2.99. The van der Waals surface area contributed by atoms with E-state index < -0.39 is 0 Å². The van der Waals surface area contributed by atoms with Gasteiger partial charge >= 0.3 is 0 Å². The molecule has 5 heteroatoms. The number of carbonyl (C=O) groups excluding carboxylic acids is 2. The van der Waals surface area contributed by atoms with Crippen molar-refractivity contribution in [3.63, 3.8) is 0 Å². The second kappa shape index (κ2) is 6.30.